The number of primary amides is 1. The van der Waals surface area contributed by atoms with E-state index in [1.54, 1.807) is 0 Å². The smallest absolute Gasteiger partial charge is 0.411 e. The highest BCUT2D eigenvalue weighted by Crippen LogP contribution is 2.35. The molecule has 2 aromatic rings. The van der Waals surface area contributed by atoms with Gasteiger partial charge in [-0.3, -0.25) is 10.1 Å². The Kier molecular flexibility index (Phi) is 5.76. The predicted octanol–water partition coefficient (Wildman–Crippen LogP) is 4.03. The van der Waals surface area contributed by atoms with Gasteiger partial charge in [0.2, 0.25) is 0 Å². The molecule has 0 aliphatic carbocycles. The Morgan fingerprint density at radius 2 is 1.96 bits per heavy atom. The Labute approximate surface area is 139 Å². The molecule has 122 valence electrons. The van der Waals surface area contributed by atoms with Gasteiger partial charge >= 0.3 is 6.09 Å². The highest BCUT2D eigenvalue weighted by molar-refractivity contribution is 7.15. The summed E-state index contributed by atoms with van der Waals surface area (Å²) in [5.41, 5.74) is 8.67. The van der Waals surface area contributed by atoms with Crippen LogP contribution in [0.15, 0.2) is 29.6 Å². The van der Waals surface area contributed by atoms with Gasteiger partial charge in [-0.05, 0) is 24.0 Å². The number of ether oxygens (including phenoxy) is 1. The van der Waals surface area contributed by atoms with E-state index in [-0.39, 0.29) is 0 Å². The van der Waals surface area contributed by atoms with Crippen LogP contribution in [0.1, 0.15) is 35.7 Å². The van der Waals surface area contributed by atoms with E-state index in [4.69, 9.17) is 5.73 Å². The standard InChI is InChI=1S/C17H20N2O3S/c1-3-4-5-11-6-8-12(9-7-11)13-10-23-16(14(13)15(18)20)19-17(21)22-2/h6-10H,3-5H2,1-2H3,(H2,18,20)(H,19,21). The highest BCUT2D eigenvalue weighted by atomic mass is 32.1. The molecule has 0 saturated heterocycles. The van der Waals surface area contributed by atoms with Gasteiger partial charge < -0.3 is 10.5 Å². The summed E-state index contributed by atoms with van der Waals surface area (Å²) in [5, 5.41) is 4.74. The first-order valence-corrected chi connectivity index (χ1v) is 8.30. The van der Waals surface area contributed by atoms with E-state index in [0.717, 1.165) is 30.4 Å². The zero-order valence-electron chi connectivity index (χ0n) is 13.2. The highest BCUT2D eigenvalue weighted by Gasteiger charge is 2.19. The predicted molar refractivity (Wildman–Crippen MR) is 92.9 cm³/mol. The first kappa shape index (κ1) is 17.0. The topological polar surface area (TPSA) is 81.4 Å². The number of rotatable bonds is 6. The molecule has 2 rings (SSSR count). The Morgan fingerprint density at radius 1 is 1.26 bits per heavy atom. The van der Waals surface area contributed by atoms with Crippen molar-refractivity contribution in [3.05, 3.63) is 40.8 Å². The van der Waals surface area contributed by atoms with Crippen LogP contribution >= 0.6 is 11.3 Å². The molecule has 1 aromatic heterocycles. The summed E-state index contributed by atoms with van der Waals surface area (Å²) < 4.78 is 4.56. The van der Waals surface area contributed by atoms with E-state index in [1.807, 2.05) is 17.5 Å². The van der Waals surface area contributed by atoms with E-state index in [2.05, 4.69) is 29.1 Å². The molecule has 0 saturated carbocycles. The first-order chi connectivity index (χ1) is 11.1. The number of anilines is 1. The number of nitrogens with two attached hydrogens (primary N) is 1. The van der Waals surface area contributed by atoms with Crippen LogP contribution in [0.4, 0.5) is 9.80 Å². The summed E-state index contributed by atoms with van der Waals surface area (Å²) in [6.07, 6.45) is 2.71. The zero-order valence-corrected chi connectivity index (χ0v) is 14.0. The number of hydrogen-bond acceptors (Lipinski definition) is 4. The number of nitrogens with one attached hydrogen (secondary N) is 1. The number of aryl methyl sites for hydroxylation is 1. The lowest BCUT2D eigenvalue weighted by Gasteiger charge is -2.06. The maximum atomic E-state index is 11.8. The third-order valence-corrected chi connectivity index (χ3v) is 4.42. The molecule has 0 bridgehead atoms. The van der Waals surface area contributed by atoms with Crippen molar-refractivity contribution < 1.29 is 14.3 Å². The molecule has 0 unspecified atom stereocenters. The van der Waals surface area contributed by atoms with Crippen LogP contribution in [0.5, 0.6) is 0 Å². The number of benzene rings is 1. The Hall–Kier alpha value is -2.34. The molecular weight excluding hydrogens is 312 g/mol. The van der Waals surface area contributed by atoms with Gasteiger partial charge in [0.05, 0.1) is 12.7 Å². The molecule has 0 radical (unpaired) electrons. The van der Waals surface area contributed by atoms with Crippen molar-refractivity contribution in [1.82, 2.24) is 0 Å². The fraction of sp³-hybridized carbons (Fsp3) is 0.294. The number of carbonyl (C=O) groups is 2. The monoisotopic (exact) mass is 332 g/mol. The molecule has 0 aliphatic rings. The van der Waals surface area contributed by atoms with Crippen molar-refractivity contribution in [1.29, 1.82) is 0 Å². The van der Waals surface area contributed by atoms with E-state index in [9.17, 15) is 9.59 Å². The van der Waals surface area contributed by atoms with Crippen LogP contribution in [-0.2, 0) is 11.2 Å². The quantitative estimate of drug-likeness (QED) is 0.838. The fourth-order valence-corrected chi connectivity index (χ4v) is 3.24. The minimum Gasteiger partial charge on any atom is -0.453 e. The van der Waals surface area contributed by atoms with E-state index < -0.39 is 12.0 Å². The average molecular weight is 332 g/mol. The summed E-state index contributed by atoms with van der Waals surface area (Å²) >= 11 is 1.25. The lowest BCUT2D eigenvalue weighted by molar-refractivity contribution is 0.100. The number of methoxy groups -OCH3 is 1. The fourth-order valence-electron chi connectivity index (χ4n) is 2.28. The Balaban J connectivity index is 2.31. The van der Waals surface area contributed by atoms with Gasteiger partial charge in [0, 0.05) is 10.9 Å². The molecular formula is C17H20N2O3S. The van der Waals surface area contributed by atoms with Crippen LogP contribution in [0.25, 0.3) is 11.1 Å². The van der Waals surface area contributed by atoms with Crippen LogP contribution in [-0.4, -0.2) is 19.1 Å². The summed E-state index contributed by atoms with van der Waals surface area (Å²) in [7, 11) is 1.27. The van der Waals surface area contributed by atoms with Crippen molar-refractivity contribution >= 4 is 28.3 Å². The summed E-state index contributed by atoms with van der Waals surface area (Å²) in [5.74, 6) is -0.581. The molecule has 6 heteroatoms. The number of amides is 2. The molecule has 0 spiro atoms. The van der Waals surface area contributed by atoms with Crippen LogP contribution in [0.2, 0.25) is 0 Å². The lowest BCUT2D eigenvalue weighted by atomic mass is 10.0. The minimum absolute atomic E-state index is 0.307. The normalized spacial score (nSPS) is 10.3. The minimum atomic E-state index is -0.629. The summed E-state index contributed by atoms with van der Waals surface area (Å²) in [4.78, 5) is 23.2. The van der Waals surface area contributed by atoms with Crippen molar-refractivity contribution in [2.24, 2.45) is 5.73 Å². The average Bonchev–Trinajstić information content (AvgIpc) is 2.97. The first-order valence-electron chi connectivity index (χ1n) is 7.42. The summed E-state index contributed by atoms with van der Waals surface area (Å²) in [6.45, 7) is 2.16. The zero-order chi connectivity index (χ0) is 16.8. The lowest BCUT2D eigenvalue weighted by Crippen LogP contribution is -2.17. The molecule has 23 heavy (non-hydrogen) atoms. The Morgan fingerprint density at radius 3 is 2.52 bits per heavy atom. The van der Waals surface area contributed by atoms with Crippen molar-refractivity contribution in [3.8, 4) is 11.1 Å². The van der Waals surface area contributed by atoms with E-state index >= 15 is 0 Å². The van der Waals surface area contributed by atoms with Crippen molar-refractivity contribution in [2.75, 3.05) is 12.4 Å². The maximum Gasteiger partial charge on any atom is 0.411 e. The summed E-state index contributed by atoms with van der Waals surface area (Å²) in [6, 6.07) is 8.06. The molecule has 0 aliphatic heterocycles. The largest absolute Gasteiger partial charge is 0.453 e. The second-order valence-electron chi connectivity index (χ2n) is 5.13. The van der Waals surface area contributed by atoms with Gasteiger partial charge in [0.15, 0.2) is 0 Å². The Bertz CT molecular complexity index is 692. The third kappa shape index (κ3) is 4.10. The third-order valence-electron chi connectivity index (χ3n) is 3.52. The van der Waals surface area contributed by atoms with Gasteiger partial charge in [0.1, 0.15) is 5.00 Å². The molecule has 3 N–H and O–H groups in total. The molecule has 1 aromatic carbocycles. The number of hydrogen-bond donors (Lipinski definition) is 2. The second kappa shape index (κ2) is 7.78. The van der Waals surface area contributed by atoms with Gasteiger partial charge in [-0.2, -0.15) is 0 Å². The molecule has 2 amide bonds. The van der Waals surface area contributed by atoms with Gasteiger partial charge in [-0.1, -0.05) is 37.6 Å². The van der Waals surface area contributed by atoms with Gasteiger partial charge in [-0.25, -0.2) is 4.79 Å². The number of unbranched alkanes of at least 4 members (excludes halogenated alkanes) is 1. The van der Waals surface area contributed by atoms with Crippen molar-refractivity contribution in [3.63, 3.8) is 0 Å². The van der Waals surface area contributed by atoms with Gasteiger partial charge in [0.25, 0.3) is 5.91 Å². The maximum absolute atomic E-state index is 11.8. The van der Waals surface area contributed by atoms with Gasteiger partial charge in [-0.15, -0.1) is 11.3 Å². The SMILES string of the molecule is CCCCc1ccc(-c2csc(NC(=O)OC)c2C(N)=O)cc1. The molecule has 0 atom stereocenters. The van der Waals surface area contributed by atoms with Crippen molar-refractivity contribution in [2.45, 2.75) is 26.2 Å². The number of carbonyl (C=O) groups excluding carboxylic acids is 2. The van der Waals surface area contributed by atoms with Crippen LogP contribution in [0.3, 0.4) is 0 Å². The van der Waals surface area contributed by atoms with Crippen LogP contribution in [0, 0.1) is 0 Å². The van der Waals surface area contributed by atoms with E-state index in [1.165, 1.54) is 24.0 Å². The number of thiophene rings is 1. The molecule has 1 heterocycles. The van der Waals surface area contributed by atoms with E-state index in [0.29, 0.717) is 10.6 Å². The molecule has 0 fully saturated rings. The molecule has 5 nitrogen and oxygen atoms in total. The van der Waals surface area contributed by atoms with Crippen LogP contribution < -0.4 is 11.1 Å². The second-order valence-corrected chi connectivity index (χ2v) is 6.01.